The van der Waals surface area contributed by atoms with Gasteiger partial charge in [-0.1, -0.05) is 36.4 Å². The van der Waals surface area contributed by atoms with E-state index in [9.17, 15) is 5.11 Å². The molecule has 1 N–H and O–H groups in total. The maximum absolute atomic E-state index is 10.4. The topological polar surface area (TPSA) is 59.8 Å². The second-order valence-corrected chi connectivity index (χ2v) is 7.87. The van der Waals surface area contributed by atoms with Gasteiger partial charge in [0.15, 0.2) is 0 Å². The van der Waals surface area contributed by atoms with Crippen LogP contribution < -0.4 is 4.74 Å². The number of hydrogen-bond donors (Lipinski definition) is 1. The van der Waals surface area contributed by atoms with E-state index in [-0.39, 0.29) is 6.04 Å². The molecule has 2 aromatic carbocycles. The van der Waals surface area contributed by atoms with Crippen LogP contribution >= 0.6 is 0 Å². The van der Waals surface area contributed by atoms with E-state index >= 15 is 0 Å². The van der Waals surface area contributed by atoms with Gasteiger partial charge in [-0.25, -0.2) is 4.68 Å². The van der Waals surface area contributed by atoms with Gasteiger partial charge in [-0.3, -0.25) is 4.90 Å². The fourth-order valence-corrected chi connectivity index (χ4v) is 3.41. The molecular weight excluding hydrogens is 390 g/mol. The summed E-state index contributed by atoms with van der Waals surface area (Å²) in [6.45, 7) is 10.2. The van der Waals surface area contributed by atoms with Gasteiger partial charge in [0, 0.05) is 25.7 Å². The summed E-state index contributed by atoms with van der Waals surface area (Å²) in [5.41, 5.74) is 2.85. The van der Waals surface area contributed by atoms with Gasteiger partial charge in [-0.05, 0) is 52.0 Å². The normalized spacial score (nSPS) is 12.5. The van der Waals surface area contributed by atoms with Crippen molar-refractivity contribution in [2.24, 2.45) is 0 Å². The van der Waals surface area contributed by atoms with Crippen LogP contribution in [0.4, 0.5) is 0 Å². The molecule has 166 valence electrons. The molecular formula is C25H33N3O3. The Morgan fingerprint density at radius 2 is 1.68 bits per heavy atom. The first-order valence-corrected chi connectivity index (χ1v) is 10.9. The third-order valence-electron chi connectivity index (χ3n) is 5.15. The summed E-state index contributed by atoms with van der Waals surface area (Å²) in [6.07, 6.45) is -0.551. The zero-order chi connectivity index (χ0) is 22.2. The van der Waals surface area contributed by atoms with Crippen LogP contribution in [0.3, 0.4) is 0 Å². The van der Waals surface area contributed by atoms with E-state index in [0.717, 1.165) is 22.7 Å². The lowest BCUT2D eigenvalue weighted by atomic mass is 10.2. The van der Waals surface area contributed by atoms with Crippen molar-refractivity contribution in [3.8, 4) is 17.3 Å². The van der Waals surface area contributed by atoms with E-state index in [1.165, 1.54) is 0 Å². The molecule has 0 fully saturated rings. The van der Waals surface area contributed by atoms with Crippen molar-refractivity contribution in [1.29, 1.82) is 0 Å². The molecule has 0 saturated carbocycles. The minimum atomic E-state index is -0.551. The summed E-state index contributed by atoms with van der Waals surface area (Å²) in [4.78, 5) is 2.22. The van der Waals surface area contributed by atoms with Crippen LogP contribution in [0.1, 0.15) is 32.0 Å². The van der Waals surface area contributed by atoms with E-state index in [1.807, 2.05) is 79.2 Å². The van der Waals surface area contributed by atoms with Crippen LogP contribution in [-0.4, -0.2) is 51.7 Å². The van der Waals surface area contributed by atoms with Gasteiger partial charge < -0.3 is 14.6 Å². The SMILES string of the molecule is CCOC[C@H](O)CN(Cc1c(C)nn(-c2ccccc2)c1Oc1ccccc1)C(C)C. The summed E-state index contributed by atoms with van der Waals surface area (Å²) in [5.74, 6) is 1.45. The summed E-state index contributed by atoms with van der Waals surface area (Å²) >= 11 is 0. The van der Waals surface area contributed by atoms with Crippen LogP contribution in [0, 0.1) is 6.92 Å². The highest BCUT2D eigenvalue weighted by atomic mass is 16.5. The number of para-hydroxylation sites is 2. The average molecular weight is 424 g/mol. The molecule has 0 aliphatic rings. The molecule has 1 atom stereocenters. The number of aliphatic hydroxyl groups excluding tert-OH is 1. The van der Waals surface area contributed by atoms with E-state index in [0.29, 0.717) is 32.2 Å². The van der Waals surface area contributed by atoms with Gasteiger partial charge in [-0.15, -0.1) is 0 Å². The summed E-state index contributed by atoms with van der Waals surface area (Å²) < 4.78 is 13.6. The summed E-state index contributed by atoms with van der Waals surface area (Å²) in [7, 11) is 0. The van der Waals surface area contributed by atoms with Gasteiger partial charge in [0.1, 0.15) is 5.75 Å². The highest BCUT2D eigenvalue weighted by Gasteiger charge is 2.23. The standard InChI is InChI=1S/C25H33N3O3/c1-5-30-18-22(29)16-27(19(2)3)17-24-20(4)26-28(21-12-8-6-9-13-21)25(24)31-23-14-10-7-11-15-23/h6-15,19,22,29H,5,16-18H2,1-4H3/t22-/m1/s1. The predicted octanol–water partition coefficient (Wildman–Crippen LogP) is 4.58. The van der Waals surface area contributed by atoms with Gasteiger partial charge in [0.25, 0.3) is 0 Å². The molecule has 0 spiro atoms. The molecule has 3 rings (SSSR count). The minimum Gasteiger partial charge on any atom is -0.439 e. The van der Waals surface area contributed by atoms with Crippen LogP contribution in [-0.2, 0) is 11.3 Å². The highest BCUT2D eigenvalue weighted by Crippen LogP contribution is 2.32. The molecule has 0 aliphatic heterocycles. The first-order chi connectivity index (χ1) is 15.0. The molecule has 0 saturated heterocycles. The zero-order valence-corrected chi connectivity index (χ0v) is 18.9. The third-order valence-corrected chi connectivity index (χ3v) is 5.15. The first-order valence-electron chi connectivity index (χ1n) is 10.9. The number of aliphatic hydroxyl groups is 1. The second-order valence-electron chi connectivity index (χ2n) is 7.87. The molecule has 0 amide bonds. The van der Waals surface area contributed by atoms with E-state index < -0.39 is 6.10 Å². The predicted molar refractivity (Wildman–Crippen MR) is 123 cm³/mol. The van der Waals surface area contributed by atoms with Gasteiger partial charge in [-0.2, -0.15) is 5.10 Å². The lowest BCUT2D eigenvalue weighted by Crippen LogP contribution is -2.39. The van der Waals surface area contributed by atoms with Crippen molar-refractivity contribution >= 4 is 0 Å². The van der Waals surface area contributed by atoms with Crippen molar-refractivity contribution in [2.75, 3.05) is 19.8 Å². The largest absolute Gasteiger partial charge is 0.439 e. The first kappa shape index (κ1) is 23.0. The number of benzene rings is 2. The molecule has 1 aromatic heterocycles. The Labute approximate surface area is 185 Å². The van der Waals surface area contributed by atoms with Gasteiger partial charge in [0.2, 0.25) is 5.88 Å². The smallest absolute Gasteiger partial charge is 0.227 e. The lowest BCUT2D eigenvalue weighted by molar-refractivity contribution is 0.0131. The molecule has 6 heteroatoms. The Hall–Kier alpha value is -2.67. The second kappa shape index (κ2) is 11.1. The van der Waals surface area contributed by atoms with Crippen molar-refractivity contribution < 1.29 is 14.6 Å². The molecule has 3 aromatic rings. The molecule has 6 nitrogen and oxygen atoms in total. The maximum atomic E-state index is 10.4. The van der Waals surface area contributed by atoms with E-state index in [4.69, 9.17) is 14.6 Å². The van der Waals surface area contributed by atoms with Gasteiger partial charge >= 0.3 is 0 Å². The van der Waals surface area contributed by atoms with Crippen LogP contribution in [0.2, 0.25) is 0 Å². The maximum Gasteiger partial charge on any atom is 0.227 e. The van der Waals surface area contributed by atoms with Gasteiger partial charge in [0.05, 0.1) is 29.7 Å². The fourth-order valence-electron chi connectivity index (χ4n) is 3.41. The van der Waals surface area contributed by atoms with Crippen molar-refractivity contribution in [2.45, 2.75) is 46.4 Å². The third kappa shape index (κ3) is 6.17. The molecule has 1 heterocycles. The van der Waals surface area contributed by atoms with E-state index in [2.05, 4.69) is 18.7 Å². The van der Waals surface area contributed by atoms with Crippen molar-refractivity contribution in [3.63, 3.8) is 0 Å². The van der Waals surface area contributed by atoms with Crippen molar-refractivity contribution in [3.05, 3.63) is 71.9 Å². The fraction of sp³-hybridized carbons (Fsp3) is 0.400. The Balaban J connectivity index is 1.95. The minimum absolute atomic E-state index is 0.236. The highest BCUT2D eigenvalue weighted by molar-refractivity contribution is 5.43. The van der Waals surface area contributed by atoms with Crippen LogP contribution in [0.15, 0.2) is 60.7 Å². The average Bonchev–Trinajstić information content (AvgIpc) is 3.08. The zero-order valence-electron chi connectivity index (χ0n) is 18.9. The van der Waals surface area contributed by atoms with Crippen LogP contribution in [0.5, 0.6) is 11.6 Å². The Morgan fingerprint density at radius 1 is 1.03 bits per heavy atom. The molecule has 0 radical (unpaired) electrons. The summed E-state index contributed by atoms with van der Waals surface area (Å²) in [6, 6.07) is 20.0. The molecule has 0 unspecified atom stereocenters. The Morgan fingerprint density at radius 3 is 2.29 bits per heavy atom. The molecule has 0 bridgehead atoms. The molecule has 31 heavy (non-hydrogen) atoms. The number of ether oxygens (including phenoxy) is 2. The quantitative estimate of drug-likeness (QED) is 0.489. The number of nitrogens with zero attached hydrogens (tertiary/aromatic N) is 3. The monoisotopic (exact) mass is 423 g/mol. The number of aromatic nitrogens is 2. The molecule has 0 aliphatic carbocycles. The Bertz CT molecular complexity index is 926. The number of hydrogen-bond acceptors (Lipinski definition) is 5. The van der Waals surface area contributed by atoms with E-state index in [1.54, 1.807) is 0 Å². The Kier molecular flexibility index (Phi) is 8.23. The van der Waals surface area contributed by atoms with Crippen LogP contribution in [0.25, 0.3) is 5.69 Å². The van der Waals surface area contributed by atoms with Crippen molar-refractivity contribution in [1.82, 2.24) is 14.7 Å². The lowest BCUT2D eigenvalue weighted by Gasteiger charge is -2.29. The summed E-state index contributed by atoms with van der Waals surface area (Å²) in [5, 5.41) is 15.2. The number of rotatable bonds is 11. The number of aryl methyl sites for hydroxylation is 1.